The maximum atomic E-state index is 14.3. The average Bonchev–Trinajstić information content (AvgIpc) is 3.16. The maximum Gasteiger partial charge on any atom is 0.255 e. The van der Waals surface area contributed by atoms with Gasteiger partial charge < -0.3 is 14.5 Å². The van der Waals surface area contributed by atoms with E-state index in [1.807, 2.05) is 25.2 Å². The van der Waals surface area contributed by atoms with E-state index < -0.39 is 5.82 Å². The minimum absolute atomic E-state index is 0.222. The number of fused-ring (bicyclic) bond motifs is 2. The predicted octanol–water partition coefficient (Wildman–Crippen LogP) is 3.17. The van der Waals surface area contributed by atoms with E-state index in [-0.39, 0.29) is 17.2 Å². The Hall–Kier alpha value is -3.53. The number of aromatic nitrogens is 4. The number of benzene rings is 1. The fourth-order valence-corrected chi connectivity index (χ4v) is 6.09. The van der Waals surface area contributed by atoms with Gasteiger partial charge in [0.1, 0.15) is 5.75 Å². The molecule has 34 heavy (non-hydrogen) atoms. The standard InChI is InChI=1S/C24H23FN6O2S/c1-29-21(32)9-19(14-6-7-26-10-17(14)25)27-23(29)30(2)22-15-11-31(12-16(15)22)24-28-18-5-4-13(33-3)8-20(18)34-24/h4-10,15-16,22H,11-12H2,1-3H3/t15-,16+,22-. The zero-order chi connectivity index (χ0) is 23.6. The number of nitrogens with zero attached hydrogens (tertiary/aromatic N) is 6. The van der Waals surface area contributed by atoms with E-state index in [9.17, 15) is 9.18 Å². The summed E-state index contributed by atoms with van der Waals surface area (Å²) in [5.74, 6) is 1.80. The largest absolute Gasteiger partial charge is 0.497 e. The van der Waals surface area contributed by atoms with E-state index in [0.717, 1.165) is 40.4 Å². The van der Waals surface area contributed by atoms with Gasteiger partial charge in [0.15, 0.2) is 10.9 Å². The quantitative estimate of drug-likeness (QED) is 0.436. The normalized spacial score (nSPS) is 21.1. The minimum atomic E-state index is -0.496. The van der Waals surface area contributed by atoms with E-state index in [0.29, 0.717) is 23.5 Å². The van der Waals surface area contributed by atoms with Crippen LogP contribution in [0.2, 0.25) is 0 Å². The summed E-state index contributed by atoms with van der Waals surface area (Å²) < 4.78 is 22.2. The third-order valence-corrected chi connectivity index (χ3v) is 8.00. The van der Waals surface area contributed by atoms with Crippen molar-refractivity contribution < 1.29 is 9.13 Å². The Kier molecular flexibility index (Phi) is 4.80. The highest BCUT2D eigenvalue weighted by atomic mass is 32.1. The second-order valence-electron chi connectivity index (χ2n) is 8.86. The lowest BCUT2D eigenvalue weighted by Gasteiger charge is -2.26. The van der Waals surface area contributed by atoms with Crippen LogP contribution in [-0.2, 0) is 7.05 Å². The van der Waals surface area contributed by atoms with Crippen molar-refractivity contribution in [2.24, 2.45) is 18.9 Å². The molecule has 0 bridgehead atoms. The Bertz CT molecular complexity index is 1460. The van der Waals surface area contributed by atoms with Gasteiger partial charge in [0, 0.05) is 62.9 Å². The number of rotatable bonds is 5. The van der Waals surface area contributed by atoms with Crippen molar-refractivity contribution in [1.29, 1.82) is 0 Å². The lowest BCUT2D eigenvalue weighted by molar-refractivity contribution is 0.415. The number of hydrogen-bond acceptors (Lipinski definition) is 8. The van der Waals surface area contributed by atoms with E-state index in [4.69, 9.17) is 9.72 Å². The van der Waals surface area contributed by atoms with Crippen LogP contribution in [0.5, 0.6) is 5.75 Å². The van der Waals surface area contributed by atoms with Gasteiger partial charge in [-0.2, -0.15) is 0 Å². The molecule has 1 saturated carbocycles. The molecule has 10 heteroatoms. The van der Waals surface area contributed by atoms with Gasteiger partial charge >= 0.3 is 0 Å². The monoisotopic (exact) mass is 478 g/mol. The van der Waals surface area contributed by atoms with E-state index in [1.165, 1.54) is 22.9 Å². The van der Waals surface area contributed by atoms with Crippen LogP contribution in [0.1, 0.15) is 0 Å². The molecule has 1 aromatic carbocycles. The van der Waals surface area contributed by atoms with Crippen LogP contribution in [0.4, 0.5) is 15.5 Å². The predicted molar refractivity (Wildman–Crippen MR) is 130 cm³/mol. The molecule has 8 nitrogen and oxygen atoms in total. The minimum Gasteiger partial charge on any atom is -0.497 e. The van der Waals surface area contributed by atoms with Crippen LogP contribution in [0, 0.1) is 17.7 Å². The van der Waals surface area contributed by atoms with E-state index in [1.54, 1.807) is 25.5 Å². The van der Waals surface area contributed by atoms with Crippen molar-refractivity contribution in [3.05, 3.63) is 58.9 Å². The summed E-state index contributed by atoms with van der Waals surface area (Å²) in [4.78, 5) is 30.3. The van der Waals surface area contributed by atoms with Crippen molar-refractivity contribution in [2.45, 2.75) is 6.04 Å². The molecule has 2 aliphatic rings. The molecule has 6 rings (SSSR count). The van der Waals surface area contributed by atoms with Crippen LogP contribution < -0.4 is 20.1 Å². The lowest BCUT2D eigenvalue weighted by atomic mass is 10.2. The average molecular weight is 479 g/mol. The highest BCUT2D eigenvalue weighted by molar-refractivity contribution is 7.22. The number of methoxy groups -OCH3 is 1. The molecule has 0 radical (unpaired) electrons. The topological polar surface area (TPSA) is 76.4 Å². The van der Waals surface area contributed by atoms with Crippen molar-refractivity contribution in [1.82, 2.24) is 19.5 Å². The molecule has 0 spiro atoms. The number of ether oxygens (including phenoxy) is 1. The zero-order valence-corrected chi connectivity index (χ0v) is 19.8. The Morgan fingerprint density at radius 1 is 1.18 bits per heavy atom. The molecular formula is C24H23FN6O2S. The number of piperidine rings is 1. The fraction of sp³-hybridized carbons (Fsp3) is 0.333. The van der Waals surface area contributed by atoms with Gasteiger partial charge in [0.2, 0.25) is 5.95 Å². The first-order valence-corrected chi connectivity index (χ1v) is 11.9. The Morgan fingerprint density at radius 2 is 1.97 bits per heavy atom. The molecule has 0 unspecified atom stereocenters. The molecule has 3 atom stereocenters. The summed E-state index contributed by atoms with van der Waals surface area (Å²) in [5.41, 5.74) is 1.36. The van der Waals surface area contributed by atoms with Gasteiger partial charge in [-0.25, -0.2) is 14.4 Å². The Labute approximate surface area is 199 Å². The van der Waals surface area contributed by atoms with Gasteiger partial charge in [0.05, 0.1) is 29.2 Å². The summed E-state index contributed by atoms with van der Waals surface area (Å²) in [6, 6.07) is 9.13. The first kappa shape index (κ1) is 21.0. The third-order valence-electron chi connectivity index (χ3n) is 6.93. The SMILES string of the molecule is COc1ccc2nc(N3C[C@@H]4[C@H](C3)[C@@H]4N(C)c3nc(-c4ccncc4F)cc(=O)n3C)sc2c1. The number of halogens is 1. The van der Waals surface area contributed by atoms with Gasteiger partial charge in [-0.1, -0.05) is 11.3 Å². The molecule has 174 valence electrons. The Morgan fingerprint density at radius 3 is 2.71 bits per heavy atom. The van der Waals surface area contributed by atoms with Crippen LogP contribution in [0.25, 0.3) is 21.5 Å². The molecular weight excluding hydrogens is 455 g/mol. The number of anilines is 2. The summed E-state index contributed by atoms with van der Waals surface area (Å²) in [5, 5.41) is 1.03. The lowest BCUT2D eigenvalue weighted by Crippen LogP contribution is -2.36. The number of thiazole rings is 1. The molecule has 1 saturated heterocycles. The fourth-order valence-electron chi connectivity index (χ4n) is 5.08. The van der Waals surface area contributed by atoms with Crippen LogP contribution in [0.15, 0.2) is 47.5 Å². The van der Waals surface area contributed by atoms with E-state index >= 15 is 0 Å². The summed E-state index contributed by atoms with van der Waals surface area (Å²) in [6.07, 6.45) is 2.63. The first-order chi connectivity index (χ1) is 16.4. The molecule has 0 amide bonds. The smallest absolute Gasteiger partial charge is 0.255 e. The molecule has 2 fully saturated rings. The van der Waals surface area contributed by atoms with Crippen molar-refractivity contribution in [2.75, 3.05) is 37.0 Å². The molecule has 0 N–H and O–H groups in total. The maximum absolute atomic E-state index is 14.3. The molecule has 1 aliphatic carbocycles. The molecule has 4 heterocycles. The number of pyridine rings is 1. The second-order valence-corrected chi connectivity index (χ2v) is 9.87. The summed E-state index contributed by atoms with van der Waals surface area (Å²) in [7, 11) is 5.33. The van der Waals surface area contributed by atoms with Gasteiger partial charge in [-0.05, 0) is 24.3 Å². The zero-order valence-electron chi connectivity index (χ0n) is 19.0. The van der Waals surface area contributed by atoms with Crippen LogP contribution in [-0.4, -0.2) is 52.8 Å². The van der Waals surface area contributed by atoms with Gasteiger partial charge in [-0.15, -0.1) is 0 Å². The molecule has 1 aliphatic heterocycles. The molecule has 3 aromatic heterocycles. The highest BCUT2D eigenvalue weighted by Crippen LogP contribution is 2.51. The van der Waals surface area contributed by atoms with Crippen LogP contribution in [0.3, 0.4) is 0 Å². The summed E-state index contributed by atoms with van der Waals surface area (Å²) >= 11 is 1.68. The molecule has 4 aromatic rings. The Balaban J connectivity index is 1.22. The van der Waals surface area contributed by atoms with Crippen molar-refractivity contribution >= 4 is 32.6 Å². The van der Waals surface area contributed by atoms with Crippen molar-refractivity contribution in [3.8, 4) is 17.0 Å². The van der Waals surface area contributed by atoms with Crippen LogP contribution >= 0.6 is 11.3 Å². The van der Waals surface area contributed by atoms with Gasteiger partial charge in [-0.3, -0.25) is 14.3 Å². The van der Waals surface area contributed by atoms with Crippen molar-refractivity contribution in [3.63, 3.8) is 0 Å². The van der Waals surface area contributed by atoms with Gasteiger partial charge in [0.25, 0.3) is 5.56 Å². The van der Waals surface area contributed by atoms with E-state index in [2.05, 4.69) is 19.8 Å². The summed E-state index contributed by atoms with van der Waals surface area (Å²) in [6.45, 7) is 1.81. The highest BCUT2D eigenvalue weighted by Gasteiger charge is 2.58. The third kappa shape index (κ3) is 3.32. The number of hydrogen-bond donors (Lipinski definition) is 0. The first-order valence-electron chi connectivity index (χ1n) is 11.0. The second kappa shape index (κ2) is 7.76.